The molecule has 3 aliphatic heterocycles. The summed E-state index contributed by atoms with van der Waals surface area (Å²) in [7, 11) is 1.91. The van der Waals surface area contributed by atoms with Crippen LogP contribution in [0, 0.1) is 15.5 Å². The Morgan fingerprint density at radius 2 is 1.85 bits per heavy atom. The van der Waals surface area contributed by atoms with E-state index in [2.05, 4.69) is 5.32 Å². The first-order valence-corrected chi connectivity index (χ1v) is 10.8. The van der Waals surface area contributed by atoms with Crippen LogP contribution in [0.3, 0.4) is 0 Å². The van der Waals surface area contributed by atoms with E-state index >= 15 is 0 Å². The number of urea groups is 1. The number of amides is 4. The van der Waals surface area contributed by atoms with Gasteiger partial charge in [-0.3, -0.25) is 25.0 Å². The highest BCUT2D eigenvalue weighted by Gasteiger charge is 2.63. The van der Waals surface area contributed by atoms with Crippen molar-refractivity contribution in [2.75, 3.05) is 36.5 Å². The molecule has 170 valence electrons. The van der Waals surface area contributed by atoms with E-state index < -0.39 is 34.2 Å². The molecule has 3 heterocycles. The van der Waals surface area contributed by atoms with Gasteiger partial charge in [0.2, 0.25) is 5.91 Å². The molecule has 0 bridgehead atoms. The molecule has 2 atom stereocenters. The Kier molecular flexibility index (Phi) is 4.87. The topological polar surface area (TPSA) is 116 Å². The third kappa shape index (κ3) is 3.17. The van der Waals surface area contributed by atoms with Crippen LogP contribution in [0.25, 0.3) is 0 Å². The SMILES string of the molecule is CN1CCN2c3ccc([N+](=O)[O-])cc3C[C@]3(C(=O)NC(=O)N(c4ccc(Cl)cc4)C3=O)[C@H]2C1. The van der Waals surface area contributed by atoms with Gasteiger partial charge in [0.25, 0.3) is 11.6 Å². The van der Waals surface area contributed by atoms with Gasteiger partial charge in [-0.25, -0.2) is 9.69 Å². The maximum atomic E-state index is 14.0. The fraction of sp³-hybridized carbons (Fsp3) is 0.318. The molecule has 2 aromatic rings. The van der Waals surface area contributed by atoms with E-state index in [4.69, 9.17) is 11.6 Å². The van der Waals surface area contributed by atoms with Crippen molar-refractivity contribution in [3.8, 4) is 0 Å². The van der Waals surface area contributed by atoms with Crippen molar-refractivity contribution >= 4 is 46.5 Å². The Labute approximate surface area is 193 Å². The minimum Gasteiger partial charge on any atom is -0.364 e. The first-order valence-electron chi connectivity index (χ1n) is 10.4. The second-order valence-electron chi connectivity index (χ2n) is 8.57. The van der Waals surface area contributed by atoms with Crippen molar-refractivity contribution in [2.45, 2.75) is 12.5 Å². The lowest BCUT2D eigenvalue weighted by atomic mass is 9.67. The van der Waals surface area contributed by atoms with Crippen LogP contribution >= 0.6 is 11.6 Å². The number of nitrogens with one attached hydrogen (secondary N) is 1. The van der Waals surface area contributed by atoms with Gasteiger partial charge in [-0.2, -0.15) is 0 Å². The number of piperazine rings is 1. The molecule has 10 nitrogen and oxygen atoms in total. The summed E-state index contributed by atoms with van der Waals surface area (Å²) in [6.45, 7) is 1.64. The molecule has 11 heteroatoms. The molecule has 1 spiro atoms. The van der Waals surface area contributed by atoms with Crippen molar-refractivity contribution < 1.29 is 19.3 Å². The van der Waals surface area contributed by atoms with Crippen LogP contribution < -0.4 is 15.1 Å². The zero-order chi connectivity index (χ0) is 23.5. The third-order valence-electron chi connectivity index (χ3n) is 6.70. The van der Waals surface area contributed by atoms with Gasteiger partial charge in [0.1, 0.15) is 0 Å². The molecule has 33 heavy (non-hydrogen) atoms. The summed E-state index contributed by atoms with van der Waals surface area (Å²) in [5, 5.41) is 14.2. The number of likely N-dealkylation sites (N-methyl/N-ethyl adjacent to an activating group) is 1. The number of non-ortho nitro benzene ring substituents is 1. The van der Waals surface area contributed by atoms with Gasteiger partial charge in [0, 0.05) is 48.9 Å². The number of nitro benzene ring substituents is 1. The van der Waals surface area contributed by atoms with Crippen LogP contribution in [0.4, 0.5) is 21.9 Å². The summed E-state index contributed by atoms with van der Waals surface area (Å²) < 4.78 is 0. The molecular weight excluding hydrogens is 450 g/mol. The van der Waals surface area contributed by atoms with Gasteiger partial charge in [-0.05, 0) is 42.9 Å². The smallest absolute Gasteiger partial charge is 0.335 e. The number of hydrogen-bond donors (Lipinski definition) is 1. The highest BCUT2D eigenvalue weighted by Crippen LogP contribution is 2.47. The number of barbiturate groups is 1. The quantitative estimate of drug-likeness (QED) is 0.407. The van der Waals surface area contributed by atoms with Gasteiger partial charge in [-0.1, -0.05) is 11.6 Å². The summed E-state index contributed by atoms with van der Waals surface area (Å²) in [5.41, 5.74) is -0.177. The first-order chi connectivity index (χ1) is 15.7. The molecule has 0 aliphatic carbocycles. The van der Waals surface area contributed by atoms with E-state index in [1.54, 1.807) is 18.2 Å². The number of nitro groups is 1. The lowest BCUT2D eigenvalue weighted by Gasteiger charge is -2.54. The summed E-state index contributed by atoms with van der Waals surface area (Å²) in [6.07, 6.45) is -0.0545. The normalized spacial score (nSPS) is 25.0. The van der Waals surface area contributed by atoms with Gasteiger partial charge < -0.3 is 9.80 Å². The summed E-state index contributed by atoms with van der Waals surface area (Å²) >= 11 is 5.97. The first kappa shape index (κ1) is 21.4. The van der Waals surface area contributed by atoms with Gasteiger partial charge in [-0.15, -0.1) is 0 Å². The maximum absolute atomic E-state index is 14.0. The largest absolute Gasteiger partial charge is 0.364 e. The highest BCUT2D eigenvalue weighted by molar-refractivity contribution is 6.32. The van der Waals surface area contributed by atoms with Crippen LogP contribution in [-0.4, -0.2) is 60.4 Å². The number of benzene rings is 2. The number of rotatable bonds is 2. The molecule has 5 rings (SSSR count). The van der Waals surface area contributed by atoms with E-state index in [0.717, 1.165) is 10.6 Å². The summed E-state index contributed by atoms with van der Waals surface area (Å²) in [5.74, 6) is -1.34. The zero-order valence-electron chi connectivity index (χ0n) is 17.7. The minimum atomic E-state index is -1.63. The van der Waals surface area contributed by atoms with E-state index in [9.17, 15) is 24.5 Å². The molecule has 2 aromatic carbocycles. The van der Waals surface area contributed by atoms with E-state index in [-0.39, 0.29) is 17.8 Å². The number of nitrogens with zero attached hydrogens (tertiary/aromatic N) is 4. The van der Waals surface area contributed by atoms with Crippen molar-refractivity contribution in [1.29, 1.82) is 0 Å². The summed E-state index contributed by atoms with van der Waals surface area (Å²) in [4.78, 5) is 56.1. The number of carbonyl (C=O) groups excluding carboxylic acids is 3. The third-order valence-corrected chi connectivity index (χ3v) is 6.96. The molecule has 1 N–H and O–H groups in total. The number of imide groups is 2. The number of halogens is 1. The molecule has 3 aliphatic rings. The summed E-state index contributed by atoms with van der Waals surface area (Å²) in [6, 6.07) is 9.31. The number of fused-ring (bicyclic) bond motifs is 4. The predicted molar refractivity (Wildman–Crippen MR) is 120 cm³/mol. The molecule has 2 saturated heterocycles. The fourth-order valence-electron chi connectivity index (χ4n) is 5.08. The monoisotopic (exact) mass is 469 g/mol. The van der Waals surface area contributed by atoms with Crippen molar-refractivity contribution in [3.05, 3.63) is 63.2 Å². The van der Waals surface area contributed by atoms with E-state index in [1.165, 1.54) is 24.3 Å². The average Bonchev–Trinajstić information content (AvgIpc) is 2.78. The van der Waals surface area contributed by atoms with Crippen LogP contribution in [0.1, 0.15) is 5.56 Å². The van der Waals surface area contributed by atoms with Crippen LogP contribution in [-0.2, 0) is 16.0 Å². The number of anilines is 2. The Morgan fingerprint density at radius 1 is 1.12 bits per heavy atom. The average molecular weight is 470 g/mol. The standard InChI is InChI=1S/C22H20ClN5O5/c1-25-8-9-26-17-7-6-16(28(32)33)10-13(17)11-22(18(26)12-25)19(29)24-21(31)27(20(22)30)15-4-2-14(23)3-5-15/h2-7,10,18H,8-9,11-12H2,1H3,(H,24,29,31)/t18-,22-/m1/s1. The van der Waals surface area contributed by atoms with Gasteiger partial charge in [0.15, 0.2) is 5.41 Å². The van der Waals surface area contributed by atoms with Crippen LogP contribution in [0.15, 0.2) is 42.5 Å². The Hall–Kier alpha value is -3.50. The Balaban J connectivity index is 1.68. The van der Waals surface area contributed by atoms with E-state index in [1.807, 2.05) is 16.8 Å². The van der Waals surface area contributed by atoms with Crippen molar-refractivity contribution in [2.24, 2.45) is 5.41 Å². The lowest BCUT2D eigenvalue weighted by molar-refractivity contribution is -0.384. The lowest BCUT2D eigenvalue weighted by Crippen LogP contribution is -2.75. The zero-order valence-corrected chi connectivity index (χ0v) is 18.4. The molecular formula is C22H20ClN5O5. The Bertz CT molecular complexity index is 1200. The molecule has 0 saturated carbocycles. The van der Waals surface area contributed by atoms with Crippen molar-refractivity contribution in [3.63, 3.8) is 0 Å². The molecule has 4 amide bonds. The highest BCUT2D eigenvalue weighted by atomic mass is 35.5. The molecule has 0 aromatic heterocycles. The predicted octanol–water partition coefficient (Wildman–Crippen LogP) is 2.19. The van der Waals surface area contributed by atoms with Crippen LogP contribution in [0.2, 0.25) is 5.02 Å². The molecule has 0 unspecified atom stereocenters. The molecule has 0 radical (unpaired) electrons. The second kappa shape index (κ2) is 7.53. The Morgan fingerprint density at radius 3 is 2.55 bits per heavy atom. The van der Waals surface area contributed by atoms with Crippen molar-refractivity contribution in [1.82, 2.24) is 10.2 Å². The molecule has 2 fully saturated rings. The van der Waals surface area contributed by atoms with Gasteiger partial charge >= 0.3 is 6.03 Å². The van der Waals surface area contributed by atoms with Crippen LogP contribution in [0.5, 0.6) is 0 Å². The second-order valence-corrected chi connectivity index (χ2v) is 9.00. The maximum Gasteiger partial charge on any atom is 0.335 e. The number of hydrogen-bond acceptors (Lipinski definition) is 7. The minimum absolute atomic E-state index is 0.0545. The number of carbonyl (C=O) groups is 3. The fourth-order valence-corrected chi connectivity index (χ4v) is 5.21. The van der Waals surface area contributed by atoms with E-state index in [0.29, 0.717) is 30.2 Å². The van der Waals surface area contributed by atoms with Gasteiger partial charge in [0.05, 0.1) is 16.7 Å².